The highest BCUT2D eigenvalue weighted by Crippen LogP contribution is 2.37. The molecular formula is C32H38B2O4. The second-order valence-corrected chi connectivity index (χ2v) is 12.4. The third kappa shape index (κ3) is 5.15. The Bertz CT molecular complexity index is 1280. The van der Waals surface area contributed by atoms with Gasteiger partial charge in [0.25, 0.3) is 0 Å². The van der Waals surface area contributed by atoms with E-state index in [0.29, 0.717) is 0 Å². The molecule has 0 radical (unpaired) electrons. The Hall–Kier alpha value is -2.63. The van der Waals surface area contributed by atoms with Crippen molar-refractivity contribution < 1.29 is 18.6 Å². The first-order valence-corrected chi connectivity index (χ1v) is 13.5. The van der Waals surface area contributed by atoms with E-state index in [9.17, 15) is 0 Å². The minimum absolute atomic E-state index is 0.336. The topological polar surface area (TPSA) is 36.9 Å². The summed E-state index contributed by atoms with van der Waals surface area (Å²) in [4.78, 5) is 0. The van der Waals surface area contributed by atoms with Crippen molar-refractivity contribution in [3.8, 4) is 11.1 Å². The third-order valence-corrected chi connectivity index (χ3v) is 8.61. The third-order valence-electron chi connectivity index (χ3n) is 8.61. The summed E-state index contributed by atoms with van der Waals surface area (Å²) in [6, 6.07) is 25.4. The number of hydrogen-bond donors (Lipinski definition) is 0. The van der Waals surface area contributed by atoms with Gasteiger partial charge in [-0.3, -0.25) is 0 Å². The molecule has 0 N–H and O–H groups in total. The van der Waals surface area contributed by atoms with Gasteiger partial charge in [-0.2, -0.15) is 0 Å². The van der Waals surface area contributed by atoms with Gasteiger partial charge in [0.15, 0.2) is 0 Å². The number of rotatable bonds is 5. The molecule has 0 amide bonds. The van der Waals surface area contributed by atoms with Crippen LogP contribution in [0, 0.1) is 0 Å². The van der Waals surface area contributed by atoms with Gasteiger partial charge in [0.1, 0.15) is 0 Å². The molecule has 0 atom stereocenters. The standard InChI is InChI=1S/C32H38B2O4/c1-29(2)30(3,4)36-33(35-29)27-19-13-24(14-20-27)10-9-23-11-15-25(16-12-23)26-17-21-28(22-18-26)34-37-31(5,6)32(7,8)38-34/h9-22H,1-8H3/b10-9-. The summed E-state index contributed by atoms with van der Waals surface area (Å²) in [5.74, 6) is 0. The zero-order valence-corrected chi connectivity index (χ0v) is 23.9. The SMILES string of the molecule is CC1(C)OB(c2ccc(/C=C\c3ccc(-c4ccc(B5OC(C)(C)C(C)(C)O5)cc4)cc3)cc2)OC1(C)C. The van der Waals surface area contributed by atoms with Gasteiger partial charge in [0.2, 0.25) is 0 Å². The summed E-state index contributed by atoms with van der Waals surface area (Å²) >= 11 is 0. The molecule has 2 fully saturated rings. The van der Waals surface area contributed by atoms with E-state index in [0.717, 1.165) is 22.1 Å². The Morgan fingerprint density at radius 1 is 0.421 bits per heavy atom. The highest BCUT2D eigenvalue weighted by Gasteiger charge is 2.52. The van der Waals surface area contributed by atoms with E-state index in [1.807, 2.05) is 0 Å². The van der Waals surface area contributed by atoms with Crippen molar-refractivity contribution in [2.75, 3.05) is 0 Å². The lowest BCUT2D eigenvalue weighted by molar-refractivity contribution is 0.00578. The van der Waals surface area contributed by atoms with E-state index in [4.69, 9.17) is 18.6 Å². The number of hydrogen-bond acceptors (Lipinski definition) is 4. The molecule has 38 heavy (non-hydrogen) atoms. The summed E-state index contributed by atoms with van der Waals surface area (Å²) in [5.41, 5.74) is 5.35. The molecule has 0 saturated carbocycles. The summed E-state index contributed by atoms with van der Waals surface area (Å²) in [6.45, 7) is 16.6. The van der Waals surface area contributed by atoms with Crippen LogP contribution in [0.1, 0.15) is 66.5 Å². The average Bonchev–Trinajstić information content (AvgIpc) is 3.23. The van der Waals surface area contributed by atoms with Crippen molar-refractivity contribution >= 4 is 37.3 Å². The van der Waals surface area contributed by atoms with Crippen LogP contribution in [0.2, 0.25) is 0 Å². The lowest BCUT2D eigenvalue weighted by atomic mass is 9.78. The van der Waals surface area contributed by atoms with Crippen molar-refractivity contribution in [3.63, 3.8) is 0 Å². The Morgan fingerprint density at radius 3 is 1.03 bits per heavy atom. The molecule has 0 bridgehead atoms. The molecular weight excluding hydrogens is 470 g/mol. The zero-order valence-electron chi connectivity index (χ0n) is 23.9. The summed E-state index contributed by atoms with van der Waals surface area (Å²) in [6.07, 6.45) is 4.26. The van der Waals surface area contributed by atoms with Crippen LogP contribution in [-0.2, 0) is 18.6 Å². The molecule has 5 rings (SSSR count). The predicted octanol–water partition coefficient (Wildman–Crippen LogP) is 6.12. The molecule has 196 valence electrons. The fourth-order valence-electron chi connectivity index (χ4n) is 4.53. The first-order valence-electron chi connectivity index (χ1n) is 13.5. The Kier molecular flexibility index (Phi) is 6.76. The molecule has 2 aliphatic heterocycles. The van der Waals surface area contributed by atoms with Gasteiger partial charge >= 0.3 is 14.2 Å². The van der Waals surface area contributed by atoms with E-state index < -0.39 is 0 Å². The van der Waals surface area contributed by atoms with E-state index in [2.05, 4.69) is 140 Å². The second kappa shape index (κ2) is 9.53. The van der Waals surface area contributed by atoms with Crippen molar-refractivity contribution in [3.05, 3.63) is 83.9 Å². The van der Waals surface area contributed by atoms with Crippen molar-refractivity contribution in [1.29, 1.82) is 0 Å². The number of benzene rings is 3. The smallest absolute Gasteiger partial charge is 0.399 e. The van der Waals surface area contributed by atoms with Gasteiger partial charge in [-0.05, 0) is 88.6 Å². The van der Waals surface area contributed by atoms with Crippen LogP contribution in [0.25, 0.3) is 23.3 Å². The lowest BCUT2D eigenvalue weighted by Crippen LogP contribution is -2.41. The molecule has 4 nitrogen and oxygen atoms in total. The normalized spacial score (nSPS) is 21.4. The van der Waals surface area contributed by atoms with Gasteiger partial charge in [-0.25, -0.2) is 0 Å². The molecule has 0 spiro atoms. The van der Waals surface area contributed by atoms with Crippen LogP contribution in [0.5, 0.6) is 0 Å². The lowest BCUT2D eigenvalue weighted by Gasteiger charge is -2.32. The Labute approximate surface area is 228 Å². The Balaban J connectivity index is 1.21. The minimum atomic E-state index is -0.340. The highest BCUT2D eigenvalue weighted by molar-refractivity contribution is 6.62. The highest BCUT2D eigenvalue weighted by atomic mass is 16.7. The molecule has 3 aromatic rings. The van der Waals surface area contributed by atoms with Gasteiger partial charge < -0.3 is 18.6 Å². The quantitative estimate of drug-likeness (QED) is 0.308. The van der Waals surface area contributed by atoms with E-state index in [1.54, 1.807) is 0 Å². The molecule has 3 aromatic carbocycles. The zero-order chi connectivity index (χ0) is 27.3. The fraction of sp³-hybridized carbons (Fsp3) is 0.375. The molecule has 2 aliphatic rings. The van der Waals surface area contributed by atoms with Crippen molar-refractivity contribution in [1.82, 2.24) is 0 Å². The van der Waals surface area contributed by atoms with E-state index in [-0.39, 0.29) is 36.6 Å². The van der Waals surface area contributed by atoms with Crippen LogP contribution in [-0.4, -0.2) is 36.6 Å². The monoisotopic (exact) mass is 508 g/mol. The van der Waals surface area contributed by atoms with Gasteiger partial charge in [-0.15, -0.1) is 0 Å². The molecule has 0 aromatic heterocycles. The Morgan fingerprint density at radius 2 is 0.684 bits per heavy atom. The maximum absolute atomic E-state index is 6.18. The molecule has 0 aliphatic carbocycles. The average molecular weight is 508 g/mol. The summed E-state index contributed by atoms with van der Waals surface area (Å²) < 4.78 is 24.7. The minimum Gasteiger partial charge on any atom is -0.399 e. The van der Waals surface area contributed by atoms with Crippen LogP contribution in [0.3, 0.4) is 0 Å². The summed E-state index contributed by atoms with van der Waals surface area (Å²) in [7, 11) is -0.677. The van der Waals surface area contributed by atoms with Gasteiger partial charge in [0, 0.05) is 0 Å². The summed E-state index contributed by atoms with van der Waals surface area (Å²) in [5, 5.41) is 0. The van der Waals surface area contributed by atoms with Crippen LogP contribution < -0.4 is 10.9 Å². The van der Waals surface area contributed by atoms with Crippen molar-refractivity contribution in [2.45, 2.75) is 77.8 Å². The van der Waals surface area contributed by atoms with Crippen LogP contribution in [0.4, 0.5) is 0 Å². The predicted molar refractivity (Wildman–Crippen MR) is 159 cm³/mol. The second-order valence-electron chi connectivity index (χ2n) is 12.4. The maximum atomic E-state index is 6.18. The first-order chi connectivity index (χ1) is 17.8. The van der Waals surface area contributed by atoms with Crippen LogP contribution in [0.15, 0.2) is 72.8 Å². The molecule has 2 saturated heterocycles. The van der Waals surface area contributed by atoms with E-state index in [1.165, 1.54) is 11.1 Å². The van der Waals surface area contributed by atoms with Crippen molar-refractivity contribution in [2.24, 2.45) is 0 Å². The van der Waals surface area contributed by atoms with Gasteiger partial charge in [-0.1, -0.05) is 84.9 Å². The molecule has 0 unspecified atom stereocenters. The van der Waals surface area contributed by atoms with Crippen LogP contribution >= 0.6 is 0 Å². The first kappa shape index (κ1) is 27.0. The maximum Gasteiger partial charge on any atom is 0.494 e. The largest absolute Gasteiger partial charge is 0.494 e. The molecule has 6 heteroatoms. The molecule has 2 heterocycles. The fourth-order valence-corrected chi connectivity index (χ4v) is 4.53. The van der Waals surface area contributed by atoms with E-state index >= 15 is 0 Å². The van der Waals surface area contributed by atoms with Gasteiger partial charge in [0.05, 0.1) is 22.4 Å².